The zero-order valence-electron chi connectivity index (χ0n) is 10.1. The third kappa shape index (κ3) is 2.84. The molecular weight excluding hydrogens is 272 g/mol. The van der Waals surface area contributed by atoms with Crippen molar-refractivity contribution in [2.24, 2.45) is 0 Å². The molecule has 0 aromatic carbocycles. The third-order valence-electron chi connectivity index (χ3n) is 3.03. The highest BCUT2D eigenvalue weighted by molar-refractivity contribution is 7.16. The maximum atomic E-state index is 11.8. The first-order valence-electron chi connectivity index (χ1n) is 5.93. The van der Waals surface area contributed by atoms with Crippen LogP contribution < -0.4 is 5.32 Å². The molecule has 1 aliphatic rings. The highest BCUT2D eigenvalue weighted by Gasteiger charge is 2.32. The number of nitrogens with zero attached hydrogens (tertiary/aromatic N) is 1. The van der Waals surface area contributed by atoms with Crippen LogP contribution in [-0.2, 0) is 16.0 Å². The Morgan fingerprint density at radius 2 is 2.28 bits per heavy atom. The predicted octanol–water partition coefficient (Wildman–Crippen LogP) is 1.68. The molecule has 1 saturated heterocycles. The molecule has 1 atom stereocenters. The number of carbonyl (C=O) groups excluding carboxylic acids is 2. The van der Waals surface area contributed by atoms with Crippen molar-refractivity contribution in [3.05, 3.63) is 21.3 Å². The van der Waals surface area contributed by atoms with Gasteiger partial charge in [0.15, 0.2) is 0 Å². The second-order valence-corrected chi connectivity index (χ2v) is 5.98. The molecular formula is C12H15ClN2O2S. The van der Waals surface area contributed by atoms with E-state index >= 15 is 0 Å². The maximum Gasteiger partial charge on any atom is 0.243 e. The van der Waals surface area contributed by atoms with Gasteiger partial charge in [-0.25, -0.2) is 0 Å². The Kier molecular flexibility index (Phi) is 4.24. The van der Waals surface area contributed by atoms with E-state index in [9.17, 15) is 9.59 Å². The number of nitrogens with one attached hydrogen (secondary N) is 1. The number of amides is 2. The third-order valence-corrected chi connectivity index (χ3v) is 4.32. The van der Waals surface area contributed by atoms with Gasteiger partial charge in [-0.2, -0.15) is 0 Å². The fraction of sp³-hybridized carbons (Fsp3) is 0.500. The number of hydrogen-bond acceptors (Lipinski definition) is 3. The predicted molar refractivity (Wildman–Crippen MR) is 71.8 cm³/mol. The van der Waals surface area contributed by atoms with Crippen LogP contribution in [0.4, 0.5) is 0 Å². The molecule has 2 rings (SSSR count). The van der Waals surface area contributed by atoms with Gasteiger partial charge >= 0.3 is 0 Å². The molecule has 2 amide bonds. The molecule has 2 heterocycles. The van der Waals surface area contributed by atoms with Crippen molar-refractivity contribution in [2.75, 3.05) is 13.1 Å². The molecule has 4 nitrogen and oxygen atoms in total. The van der Waals surface area contributed by atoms with Crippen LogP contribution >= 0.6 is 22.9 Å². The summed E-state index contributed by atoms with van der Waals surface area (Å²) in [4.78, 5) is 26.3. The minimum Gasteiger partial charge on any atom is -0.345 e. The largest absolute Gasteiger partial charge is 0.345 e. The summed E-state index contributed by atoms with van der Waals surface area (Å²) < 4.78 is 0.750. The summed E-state index contributed by atoms with van der Waals surface area (Å²) in [6.07, 6.45) is 1.38. The first-order chi connectivity index (χ1) is 8.61. The second kappa shape index (κ2) is 5.71. The van der Waals surface area contributed by atoms with Gasteiger partial charge in [-0.05, 0) is 25.0 Å². The SMILES string of the molecule is CCC1C(=O)NCC(=O)N1CCc1ccc(Cl)s1. The summed E-state index contributed by atoms with van der Waals surface area (Å²) in [5.74, 6) is -0.0644. The van der Waals surface area contributed by atoms with Crippen LogP contribution in [0.15, 0.2) is 12.1 Å². The van der Waals surface area contributed by atoms with Crippen LogP contribution in [0.2, 0.25) is 4.34 Å². The normalized spacial score (nSPS) is 20.1. The van der Waals surface area contributed by atoms with Gasteiger partial charge in [-0.3, -0.25) is 9.59 Å². The molecule has 18 heavy (non-hydrogen) atoms. The van der Waals surface area contributed by atoms with Crippen molar-refractivity contribution in [1.29, 1.82) is 0 Å². The monoisotopic (exact) mass is 286 g/mol. The smallest absolute Gasteiger partial charge is 0.243 e. The summed E-state index contributed by atoms with van der Waals surface area (Å²) in [6, 6.07) is 3.48. The molecule has 1 aromatic heterocycles. The fourth-order valence-electron chi connectivity index (χ4n) is 2.10. The van der Waals surface area contributed by atoms with Crippen molar-refractivity contribution in [3.8, 4) is 0 Å². The van der Waals surface area contributed by atoms with Gasteiger partial charge in [0.1, 0.15) is 6.04 Å². The summed E-state index contributed by atoms with van der Waals surface area (Å²) in [5, 5.41) is 2.62. The van der Waals surface area contributed by atoms with Crippen LogP contribution in [0, 0.1) is 0 Å². The Bertz CT molecular complexity index is 461. The van der Waals surface area contributed by atoms with E-state index in [0.717, 1.165) is 15.6 Å². The Morgan fingerprint density at radius 3 is 2.89 bits per heavy atom. The van der Waals surface area contributed by atoms with E-state index < -0.39 is 0 Å². The number of rotatable bonds is 4. The van der Waals surface area contributed by atoms with Crippen LogP contribution in [0.5, 0.6) is 0 Å². The first kappa shape index (κ1) is 13.4. The topological polar surface area (TPSA) is 49.4 Å². The van der Waals surface area contributed by atoms with Crippen LogP contribution in [0.1, 0.15) is 18.2 Å². The van der Waals surface area contributed by atoms with E-state index in [2.05, 4.69) is 5.32 Å². The number of hydrogen-bond donors (Lipinski definition) is 1. The highest BCUT2D eigenvalue weighted by Crippen LogP contribution is 2.22. The maximum absolute atomic E-state index is 11.8. The van der Waals surface area contributed by atoms with Crippen LogP contribution in [0.3, 0.4) is 0 Å². The Balaban J connectivity index is 2.01. The molecule has 1 aromatic rings. The van der Waals surface area contributed by atoms with Gasteiger partial charge in [0.25, 0.3) is 0 Å². The number of piperazine rings is 1. The highest BCUT2D eigenvalue weighted by atomic mass is 35.5. The quantitative estimate of drug-likeness (QED) is 0.915. The molecule has 0 bridgehead atoms. The molecule has 6 heteroatoms. The molecule has 1 aliphatic heterocycles. The lowest BCUT2D eigenvalue weighted by molar-refractivity contribution is -0.145. The Morgan fingerprint density at radius 1 is 1.50 bits per heavy atom. The van der Waals surface area contributed by atoms with E-state index in [0.29, 0.717) is 13.0 Å². The lowest BCUT2D eigenvalue weighted by Crippen LogP contribution is -2.58. The molecule has 1 N–H and O–H groups in total. The number of halogens is 1. The minimum atomic E-state index is -0.332. The standard InChI is InChI=1S/C12H15ClN2O2S/c1-2-9-12(17)14-7-11(16)15(9)6-5-8-3-4-10(13)18-8/h3-4,9H,2,5-7H2,1H3,(H,14,17). The zero-order valence-corrected chi connectivity index (χ0v) is 11.7. The first-order valence-corrected chi connectivity index (χ1v) is 7.12. The lowest BCUT2D eigenvalue weighted by Gasteiger charge is -2.34. The molecule has 0 saturated carbocycles. The van der Waals surface area contributed by atoms with Gasteiger partial charge in [0.2, 0.25) is 11.8 Å². The second-order valence-electron chi connectivity index (χ2n) is 4.18. The van der Waals surface area contributed by atoms with Gasteiger partial charge < -0.3 is 10.2 Å². The Labute approximate surface area is 115 Å². The molecule has 98 valence electrons. The number of carbonyl (C=O) groups is 2. The van der Waals surface area contributed by atoms with Crippen molar-refractivity contribution in [3.63, 3.8) is 0 Å². The van der Waals surface area contributed by atoms with E-state index in [4.69, 9.17) is 11.6 Å². The van der Waals surface area contributed by atoms with E-state index in [1.165, 1.54) is 11.3 Å². The van der Waals surface area contributed by atoms with E-state index in [1.54, 1.807) is 4.90 Å². The fourth-order valence-corrected chi connectivity index (χ4v) is 3.18. The van der Waals surface area contributed by atoms with E-state index in [1.807, 2.05) is 19.1 Å². The Hall–Kier alpha value is -1.07. The van der Waals surface area contributed by atoms with Crippen LogP contribution in [0.25, 0.3) is 0 Å². The molecule has 0 aliphatic carbocycles. The molecule has 0 radical (unpaired) electrons. The molecule has 1 unspecified atom stereocenters. The van der Waals surface area contributed by atoms with Gasteiger partial charge in [-0.1, -0.05) is 18.5 Å². The summed E-state index contributed by atoms with van der Waals surface area (Å²) in [7, 11) is 0. The summed E-state index contributed by atoms with van der Waals surface area (Å²) in [5.41, 5.74) is 0. The minimum absolute atomic E-state index is 0.0101. The number of thiophene rings is 1. The molecule has 1 fully saturated rings. The molecule has 0 spiro atoms. The van der Waals surface area contributed by atoms with Crippen LogP contribution in [-0.4, -0.2) is 35.8 Å². The van der Waals surface area contributed by atoms with Gasteiger partial charge in [0, 0.05) is 11.4 Å². The summed E-state index contributed by atoms with van der Waals surface area (Å²) >= 11 is 7.38. The van der Waals surface area contributed by atoms with Crippen molar-refractivity contribution < 1.29 is 9.59 Å². The lowest BCUT2D eigenvalue weighted by atomic mass is 10.1. The van der Waals surface area contributed by atoms with Crippen molar-refractivity contribution in [2.45, 2.75) is 25.8 Å². The average Bonchev–Trinajstić information content (AvgIpc) is 2.76. The van der Waals surface area contributed by atoms with Crippen molar-refractivity contribution in [1.82, 2.24) is 10.2 Å². The van der Waals surface area contributed by atoms with Crippen molar-refractivity contribution >= 4 is 34.8 Å². The average molecular weight is 287 g/mol. The summed E-state index contributed by atoms with van der Waals surface area (Å²) in [6.45, 7) is 2.60. The van der Waals surface area contributed by atoms with Gasteiger partial charge in [-0.15, -0.1) is 11.3 Å². The van der Waals surface area contributed by atoms with Gasteiger partial charge in [0.05, 0.1) is 10.9 Å². The van der Waals surface area contributed by atoms with E-state index in [-0.39, 0.29) is 24.4 Å². The zero-order chi connectivity index (χ0) is 13.1.